The van der Waals surface area contributed by atoms with Gasteiger partial charge in [-0.3, -0.25) is 13.9 Å². The molecule has 0 bridgehead atoms. The lowest BCUT2D eigenvalue weighted by atomic mass is 9.97. The molecule has 2 heterocycles. The van der Waals surface area contributed by atoms with Crippen molar-refractivity contribution in [3.8, 4) is 5.75 Å². The average molecular weight is 402 g/mol. The summed E-state index contributed by atoms with van der Waals surface area (Å²) in [7, 11) is 4.74. The van der Waals surface area contributed by atoms with Gasteiger partial charge in [0.05, 0.1) is 18.4 Å². The molecule has 2 aromatic carbocycles. The maximum Gasteiger partial charge on any atom is 0.330 e. The normalized spacial score (nSPS) is 13.2. The van der Waals surface area contributed by atoms with Gasteiger partial charge in [0.2, 0.25) is 0 Å². The summed E-state index contributed by atoms with van der Waals surface area (Å²) in [6.45, 7) is 2.02. The first-order chi connectivity index (χ1) is 14.4. The maximum absolute atomic E-state index is 13.1. The molecule has 0 fully saturated rings. The quantitative estimate of drug-likeness (QED) is 0.674. The van der Waals surface area contributed by atoms with Crippen LogP contribution in [-0.2, 0) is 20.5 Å². The van der Waals surface area contributed by atoms with Crippen LogP contribution in [0.25, 0.3) is 0 Å². The van der Waals surface area contributed by atoms with Crippen molar-refractivity contribution >= 4 is 11.4 Å². The Kier molecular flexibility index (Phi) is 4.95. The van der Waals surface area contributed by atoms with Crippen molar-refractivity contribution in [2.45, 2.75) is 13.3 Å². The zero-order valence-corrected chi connectivity index (χ0v) is 17.3. The lowest BCUT2D eigenvalue weighted by molar-refractivity contribution is 0.415. The van der Waals surface area contributed by atoms with Crippen LogP contribution in [0.2, 0.25) is 0 Å². The highest BCUT2D eigenvalue weighted by molar-refractivity contribution is 6.15. The van der Waals surface area contributed by atoms with Gasteiger partial charge < -0.3 is 4.74 Å². The number of hydrogen-bond acceptors (Lipinski definition) is 5. The zero-order valence-electron chi connectivity index (χ0n) is 17.3. The Hall–Kier alpha value is -3.74. The predicted octanol–water partition coefficient (Wildman–Crippen LogP) is 2.20. The Labute approximate surface area is 173 Å². The molecule has 0 aliphatic carbocycles. The Bertz CT molecular complexity index is 1290. The van der Waals surface area contributed by atoms with E-state index in [9.17, 15) is 9.59 Å². The second-order valence-corrected chi connectivity index (χ2v) is 7.29. The number of methoxy groups -OCH3 is 1. The molecule has 0 saturated heterocycles. The van der Waals surface area contributed by atoms with Crippen LogP contribution in [0.1, 0.15) is 27.9 Å². The molecule has 0 amide bonds. The molecule has 0 atom stereocenters. The number of rotatable bonds is 3. The van der Waals surface area contributed by atoms with Crippen molar-refractivity contribution in [1.29, 1.82) is 0 Å². The van der Waals surface area contributed by atoms with Crippen molar-refractivity contribution < 1.29 is 4.74 Å². The van der Waals surface area contributed by atoms with Gasteiger partial charge >= 0.3 is 5.69 Å². The molecule has 152 valence electrons. The van der Waals surface area contributed by atoms with Gasteiger partial charge in [-0.25, -0.2) is 4.79 Å². The van der Waals surface area contributed by atoms with Crippen LogP contribution >= 0.6 is 0 Å². The van der Waals surface area contributed by atoms with Crippen molar-refractivity contribution in [3.05, 3.63) is 97.3 Å². The molecule has 1 aliphatic rings. The Balaban J connectivity index is 1.99. The molecule has 4 rings (SSSR count). The highest BCUT2D eigenvalue weighted by Gasteiger charge is 2.25. The highest BCUT2D eigenvalue weighted by atomic mass is 16.5. The average Bonchev–Trinajstić information content (AvgIpc) is 2.97. The first-order valence-electron chi connectivity index (χ1n) is 9.56. The molecule has 7 nitrogen and oxygen atoms in total. The first-order valence-corrected chi connectivity index (χ1v) is 9.56. The van der Waals surface area contributed by atoms with Crippen LogP contribution in [0.5, 0.6) is 5.75 Å². The number of hydrogen-bond donors (Lipinski definition) is 0. The van der Waals surface area contributed by atoms with Crippen LogP contribution in [0.15, 0.2) is 68.3 Å². The van der Waals surface area contributed by atoms with E-state index in [1.54, 1.807) is 26.3 Å². The first kappa shape index (κ1) is 19.6. The lowest BCUT2D eigenvalue weighted by Crippen LogP contribution is -2.42. The standard InChI is InChI=1S/C23H22N4O3/c1-14-5-7-15(8-6-14)18-13-19-20(22(28)27(3)23(29)26(19)2)21(25-24-18)16-9-11-17(30-4)12-10-16/h5-12H,13H2,1-4H3. The summed E-state index contributed by atoms with van der Waals surface area (Å²) in [5.74, 6) is 0.699. The number of fused-ring (bicyclic) bond motifs is 1. The largest absolute Gasteiger partial charge is 0.497 e. The summed E-state index contributed by atoms with van der Waals surface area (Å²) < 4.78 is 7.84. The molecule has 0 saturated carbocycles. The van der Waals surface area contributed by atoms with E-state index in [-0.39, 0.29) is 11.2 Å². The summed E-state index contributed by atoms with van der Waals surface area (Å²) in [5, 5.41) is 8.97. The molecule has 0 radical (unpaired) electrons. The zero-order chi connectivity index (χ0) is 21.4. The molecule has 7 heteroatoms. The van der Waals surface area contributed by atoms with E-state index in [0.717, 1.165) is 21.3 Å². The third-order valence-electron chi connectivity index (χ3n) is 5.38. The Morgan fingerprint density at radius 2 is 1.50 bits per heavy atom. The predicted molar refractivity (Wildman–Crippen MR) is 117 cm³/mol. The van der Waals surface area contributed by atoms with E-state index in [2.05, 4.69) is 10.2 Å². The molecular weight excluding hydrogens is 380 g/mol. The fraction of sp³-hybridized carbons (Fsp3) is 0.217. The fourth-order valence-corrected chi connectivity index (χ4v) is 3.54. The van der Waals surface area contributed by atoms with Gasteiger partial charge in [0.1, 0.15) is 11.5 Å². The summed E-state index contributed by atoms with van der Waals surface area (Å²) in [5.41, 5.74) is 4.11. The minimum atomic E-state index is -0.386. The van der Waals surface area contributed by atoms with Crippen LogP contribution < -0.4 is 16.0 Å². The van der Waals surface area contributed by atoms with Crippen LogP contribution in [0.4, 0.5) is 0 Å². The van der Waals surface area contributed by atoms with E-state index < -0.39 is 0 Å². The van der Waals surface area contributed by atoms with Gasteiger partial charge in [0.15, 0.2) is 0 Å². The summed E-state index contributed by atoms with van der Waals surface area (Å²) in [4.78, 5) is 25.7. The van der Waals surface area contributed by atoms with Gasteiger partial charge in [-0.15, -0.1) is 5.10 Å². The second kappa shape index (κ2) is 7.59. The lowest BCUT2D eigenvalue weighted by Gasteiger charge is -2.15. The van der Waals surface area contributed by atoms with Crippen LogP contribution in [0.3, 0.4) is 0 Å². The van der Waals surface area contributed by atoms with E-state index in [1.807, 2.05) is 43.3 Å². The van der Waals surface area contributed by atoms with Gasteiger partial charge in [-0.1, -0.05) is 29.8 Å². The summed E-state index contributed by atoms with van der Waals surface area (Å²) in [6.07, 6.45) is 0.323. The second-order valence-electron chi connectivity index (χ2n) is 7.29. The van der Waals surface area contributed by atoms with E-state index in [0.29, 0.717) is 34.9 Å². The molecule has 3 aromatic rings. The molecule has 0 unspecified atom stereocenters. The SMILES string of the molecule is COc1ccc(C2=NN=C(c3ccc(C)cc3)Cc3c2c(=O)n(C)c(=O)n3C)cc1. The smallest absolute Gasteiger partial charge is 0.330 e. The third kappa shape index (κ3) is 3.28. The molecule has 0 N–H and O–H groups in total. The van der Waals surface area contributed by atoms with Crippen molar-refractivity contribution in [2.75, 3.05) is 7.11 Å². The topological polar surface area (TPSA) is 78.0 Å². The van der Waals surface area contributed by atoms with Crippen LogP contribution in [-0.4, -0.2) is 27.7 Å². The number of aromatic nitrogens is 2. The minimum absolute atomic E-state index is 0.323. The van der Waals surface area contributed by atoms with E-state index in [4.69, 9.17) is 4.74 Å². The van der Waals surface area contributed by atoms with Gasteiger partial charge in [0, 0.05) is 31.8 Å². The summed E-state index contributed by atoms with van der Waals surface area (Å²) in [6, 6.07) is 15.2. The van der Waals surface area contributed by atoms with Gasteiger partial charge in [0.25, 0.3) is 5.56 Å². The maximum atomic E-state index is 13.1. The highest BCUT2D eigenvalue weighted by Crippen LogP contribution is 2.20. The third-order valence-corrected chi connectivity index (χ3v) is 5.38. The number of ether oxygens (including phenoxy) is 1. The number of benzene rings is 2. The van der Waals surface area contributed by atoms with Crippen molar-refractivity contribution in [3.63, 3.8) is 0 Å². The molecule has 0 spiro atoms. The molecular formula is C23H22N4O3. The number of nitrogens with zero attached hydrogens (tertiary/aromatic N) is 4. The molecule has 1 aromatic heterocycles. The number of aryl methyl sites for hydroxylation is 1. The van der Waals surface area contributed by atoms with Crippen molar-refractivity contribution in [2.24, 2.45) is 24.3 Å². The Morgan fingerprint density at radius 1 is 0.867 bits per heavy atom. The molecule has 30 heavy (non-hydrogen) atoms. The van der Waals surface area contributed by atoms with E-state index in [1.165, 1.54) is 11.6 Å². The fourth-order valence-electron chi connectivity index (χ4n) is 3.54. The van der Waals surface area contributed by atoms with Crippen LogP contribution in [0, 0.1) is 6.92 Å². The van der Waals surface area contributed by atoms with Gasteiger partial charge in [-0.2, -0.15) is 5.10 Å². The van der Waals surface area contributed by atoms with E-state index >= 15 is 0 Å². The van der Waals surface area contributed by atoms with Gasteiger partial charge in [-0.05, 0) is 36.8 Å². The summed E-state index contributed by atoms with van der Waals surface area (Å²) >= 11 is 0. The molecule has 1 aliphatic heterocycles. The monoisotopic (exact) mass is 402 g/mol. The minimum Gasteiger partial charge on any atom is -0.497 e. The Morgan fingerprint density at radius 3 is 2.13 bits per heavy atom. The van der Waals surface area contributed by atoms with Crippen molar-refractivity contribution in [1.82, 2.24) is 9.13 Å².